The molecule has 1 aliphatic heterocycles. The van der Waals surface area contributed by atoms with Crippen LogP contribution in [0, 0.1) is 11.3 Å². The van der Waals surface area contributed by atoms with Gasteiger partial charge in [0.25, 0.3) is 5.91 Å². The van der Waals surface area contributed by atoms with Crippen LogP contribution in [0.5, 0.6) is 0 Å². The zero-order valence-corrected chi connectivity index (χ0v) is 13.0. The standard InChI is InChI=1S/C16H18ClN3O2/c17-15-3-1-13(2-4-15)11-14(12-18)16(21)19-5-6-20-7-9-22-10-8-20/h1-4,11H,5-10H2,(H,19,21)/p+1/b14-11-. The first-order valence-corrected chi connectivity index (χ1v) is 7.63. The summed E-state index contributed by atoms with van der Waals surface area (Å²) in [6, 6.07) is 8.93. The van der Waals surface area contributed by atoms with Gasteiger partial charge in [0.1, 0.15) is 24.7 Å². The topological polar surface area (TPSA) is 66.6 Å². The fourth-order valence-corrected chi connectivity index (χ4v) is 2.36. The molecule has 0 radical (unpaired) electrons. The number of quaternary nitrogens is 1. The SMILES string of the molecule is N#C/C(=C/c1ccc(Cl)cc1)C(=O)NCC[NH+]1CCOCC1. The van der Waals surface area contributed by atoms with Crippen molar-refractivity contribution in [2.45, 2.75) is 0 Å². The minimum atomic E-state index is -0.342. The molecule has 2 N–H and O–H groups in total. The molecule has 0 bridgehead atoms. The monoisotopic (exact) mass is 320 g/mol. The van der Waals surface area contributed by atoms with E-state index in [0.29, 0.717) is 11.6 Å². The largest absolute Gasteiger partial charge is 0.370 e. The van der Waals surface area contributed by atoms with Crippen LogP contribution in [0.1, 0.15) is 5.56 Å². The smallest absolute Gasteiger partial charge is 0.262 e. The Balaban J connectivity index is 1.86. The van der Waals surface area contributed by atoms with Crippen LogP contribution >= 0.6 is 11.6 Å². The first-order chi connectivity index (χ1) is 10.7. The molecule has 1 fully saturated rings. The zero-order chi connectivity index (χ0) is 15.8. The Hall–Kier alpha value is -1.87. The van der Waals surface area contributed by atoms with E-state index in [9.17, 15) is 4.79 Å². The van der Waals surface area contributed by atoms with Gasteiger partial charge >= 0.3 is 0 Å². The highest BCUT2D eigenvalue weighted by Gasteiger charge is 2.14. The average molecular weight is 321 g/mol. The van der Waals surface area contributed by atoms with Crippen LogP contribution in [0.15, 0.2) is 29.8 Å². The molecule has 5 nitrogen and oxygen atoms in total. The van der Waals surface area contributed by atoms with E-state index < -0.39 is 0 Å². The van der Waals surface area contributed by atoms with Crippen molar-refractivity contribution in [3.05, 3.63) is 40.4 Å². The molecule has 1 aliphatic rings. The summed E-state index contributed by atoms with van der Waals surface area (Å²) in [6.07, 6.45) is 1.56. The lowest BCUT2D eigenvalue weighted by atomic mass is 10.1. The number of hydrogen-bond donors (Lipinski definition) is 2. The van der Waals surface area contributed by atoms with E-state index in [0.717, 1.165) is 38.4 Å². The van der Waals surface area contributed by atoms with Gasteiger partial charge in [-0.15, -0.1) is 0 Å². The number of carbonyl (C=O) groups is 1. The first kappa shape index (κ1) is 16.5. The van der Waals surface area contributed by atoms with Crippen LogP contribution in [0.2, 0.25) is 5.02 Å². The molecule has 0 atom stereocenters. The lowest BCUT2D eigenvalue weighted by Crippen LogP contribution is -3.14. The van der Waals surface area contributed by atoms with Gasteiger partial charge in [0.05, 0.1) is 26.3 Å². The van der Waals surface area contributed by atoms with Gasteiger partial charge < -0.3 is 15.0 Å². The molecule has 1 aromatic carbocycles. The van der Waals surface area contributed by atoms with E-state index >= 15 is 0 Å². The third kappa shape index (κ3) is 5.15. The number of nitrogens with zero attached hydrogens (tertiary/aromatic N) is 1. The van der Waals surface area contributed by atoms with Gasteiger partial charge in [-0.05, 0) is 23.8 Å². The van der Waals surface area contributed by atoms with E-state index in [1.54, 1.807) is 30.3 Å². The van der Waals surface area contributed by atoms with Crippen molar-refractivity contribution in [2.24, 2.45) is 0 Å². The van der Waals surface area contributed by atoms with Crippen molar-refractivity contribution in [1.82, 2.24) is 5.32 Å². The zero-order valence-electron chi connectivity index (χ0n) is 12.3. The predicted molar refractivity (Wildman–Crippen MR) is 84.4 cm³/mol. The highest BCUT2D eigenvalue weighted by atomic mass is 35.5. The van der Waals surface area contributed by atoms with Crippen LogP contribution in [-0.2, 0) is 9.53 Å². The summed E-state index contributed by atoms with van der Waals surface area (Å²) in [4.78, 5) is 13.4. The molecule has 22 heavy (non-hydrogen) atoms. The third-order valence-electron chi connectivity index (χ3n) is 3.51. The first-order valence-electron chi connectivity index (χ1n) is 7.26. The average Bonchev–Trinajstić information content (AvgIpc) is 2.55. The number of morpholine rings is 1. The number of nitriles is 1. The van der Waals surface area contributed by atoms with Crippen LogP contribution in [0.4, 0.5) is 0 Å². The van der Waals surface area contributed by atoms with E-state index in [-0.39, 0.29) is 11.5 Å². The fraction of sp³-hybridized carbons (Fsp3) is 0.375. The summed E-state index contributed by atoms with van der Waals surface area (Å²) in [7, 11) is 0. The molecule has 1 heterocycles. The maximum absolute atomic E-state index is 12.0. The second-order valence-corrected chi connectivity index (χ2v) is 5.53. The molecule has 116 valence electrons. The summed E-state index contributed by atoms with van der Waals surface area (Å²) >= 11 is 5.81. The molecule has 0 aliphatic carbocycles. The molecule has 0 unspecified atom stereocenters. The van der Waals surface area contributed by atoms with Crippen LogP contribution < -0.4 is 10.2 Å². The van der Waals surface area contributed by atoms with E-state index in [2.05, 4.69) is 5.32 Å². The van der Waals surface area contributed by atoms with Crippen molar-refractivity contribution in [1.29, 1.82) is 5.26 Å². The molecule has 6 heteroatoms. The maximum atomic E-state index is 12.0. The van der Waals surface area contributed by atoms with Crippen molar-refractivity contribution < 1.29 is 14.4 Å². The molecule has 0 spiro atoms. The Kier molecular flexibility index (Phi) is 6.41. The molecule has 1 amide bonds. The number of ether oxygens (including phenoxy) is 1. The Labute approximate surface area is 135 Å². The molecular weight excluding hydrogens is 302 g/mol. The Morgan fingerprint density at radius 1 is 1.36 bits per heavy atom. The molecule has 0 saturated carbocycles. The second kappa shape index (κ2) is 8.54. The van der Waals surface area contributed by atoms with E-state index in [4.69, 9.17) is 21.6 Å². The van der Waals surface area contributed by atoms with Gasteiger partial charge in [-0.3, -0.25) is 4.79 Å². The molecule has 2 rings (SSSR count). The van der Waals surface area contributed by atoms with Gasteiger partial charge in [-0.1, -0.05) is 23.7 Å². The Bertz CT molecular complexity index is 572. The normalized spacial score (nSPS) is 16.1. The van der Waals surface area contributed by atoms with Gasteiger partial charge in [-0.25, -0.2) is 0 Å². The van der Waals surface area contributed by atoms with Crippen molar-refractivity contribution in [3.8, 4) is 6.07 Å². The maximum Gasteiger partial charge on any atom is 0.262 e. The summed E-state index contributed by atoms with van der Waals surface area (Å²) in [6.45, 7) is 4.85. The number of nitrogens with one attached hydrogen (secondary N) is 2. The second-order valence-electron chi connectivity index (χ2n) is 5.09. The van der Waals surface area contributed by atoms with Crippen molar-refractivity contribution in [2.75, 3.05) is 39.4 Å². The quantitative estimate of drug-likeness (QED) is 0.605. The van der Waals surface area contributed by atoms with Crippen LogP contribution in [0.3, 0.4) is 0 Å². The van der Waals surface area contributed by atoms with Crippen LogP contribution in [0.25, 0.3) is 6.08 Å². The van der Waals surface area contributed by atoms with Crippen molar-refractivity contribution >= 4 is 23.6 Å². The highest BCUT2D eigenvalue weighted by molar-refractivity contribution is 6.30. The molecule has 1 aromatic rings. The van der Waals surface area contributed by atoms with Crippen LogP contribution in [-0.4, -0.2) is 45.3 Å². The lowest BCUT2D eigenvalue weighted by molar-refractivity contribution is -0.906. The van der Waals surface area contributed by atoms with E-state index in [1.165, 1.54) is 4.90 Å². The minimum absolute atomic E-state index is 0.0966. The molecule has 0 aromatic heterocycles. The number of carbonyl (C=O) groups excluding carboxylic acids is 1. The Morgan fingerprint density at radius 2 is 2.05 bits per heavy atom. The lowest BCUT2D eigenvalue weighted by Gasteiger charge is -2.23. The number of rotatable bonds is 5. The third-order valence-corrected chi connectivity index (χ3v) is 3.76. The number of benzene rings is 1. The minimum Gasteiger partial charge on any atom is -0.370 e. The summed E-state index contributed by atoms with van der Waals surface area (Å²) < 4.78 is 5.29. The summed E-state index contributed by atoms with van der Waals surface area (Å²) in [5, 5.41) is 12.5. The number of halogens is 1. The summed E-state index contributed by atoms with van der Waals surface area (Å²) in [5.41, 5.74) is 0.870. The van der Waals surface area contributed by atoms with Gasteiger partial charge in [0.15, 0.2) is 0 Å². The van der Waals surface area contributed by atoms with Gasteiger partial charge in [0, 0.05) is 5.02 Å². The molecule has 1 saturated heterocycles. The van der Waals surface area contributed by atoms with Gasteiger partial charge in [0.2, 0.25) is 0 Å². The fourth-order valence-electron chi connectivity index (χ4n) is 2.23. The predicted octanol–water partition coefficient (Wildman–Crippen LogP) is 0.278. The van der Waals surface area contributed by atoms with Gasteiger partial charge in [-0.2, -0.15) is 5.26 Å². The summed E-state index contributed by atoms with van der Waals surface area (Å²) in [5.74, 6) is -0.342. The number of amides is 1. The van der Waals surface area contributed by atoms with Crippen molar-refractivity contribution in [3.63, 3.8) is 0 Å². The Morgan fingerprint density at radius 3 is 2.68 bits per heavy atom. The highest BCUT2D eigenvalue weighted by Crippen LogP contribution is 2.12. The number of hydrogen-bond acceptors (Lipinski definition) is 3. The molecular formula is C16H19ClN3O2+. The van der Waals surface area contributed by atoms with E-state index in [1.807, 2.05) is 6.07 Å².